The number of carbonyl (C=O) groups excluding carboxylic acids is 1. The van der Waals surface area contributed by atoms with E-state index in [1.54, 1.807) is 11.1 Å². The van der Waals surface area contributed by atoms with Crippen LogP contribution in [-0.2, 0) is 6.42 Å². The number of hydrogen-bond donors (Lipinski definition) is 0. The third kappa shape index (κ3) is 3.31. The van der Waals surface area contributed by atoms with E-state index < -0.39 is 17.7 Å². The number of likely N-dealkylation sites (tertiary alicyclic amines) is 1. The highest BCUT2D eigenvalue weighted by molar-refractivity contribution is 5.79. The van der Waals surface area contributed by atoms with Crippen molar-refractivity contribution in [1.82, 2.24) is 9.91 Å². The molecule has 4 rings (SSSR count). The Morgan fingerprint density at radius 2 is 1.77 bits per heavy atom. The number of nitrogens with zero attached hydrogens (tertiary/aromatic N) is 3. The van der Waals surface area contributed by atoms with E-state index in [2.05, 4.69) is 17.2 Å². The molecule has 134 valence electrons. The molecule has 0 aliphatic carbocycles. The Balaban J connectivity index is 1.39. The van der Waals surface area contributed by atoms with Crippen molar-refractivity contribution in [2.75, 3.05) is 13.1 Å². The molecule has 1 saturated heterocycles. The van der Waals surface area contributed by atoms with Crippen LogP contribution in [0.3, 0.4) is 0 Å². The number of urea groups is 1. The van der Waals surface area contributed by atoms with E-state index >= 15 is 0 Å². The standard InChI is InChI=1S/C20H19F2N3O/c21-17-9-16(10-18(22)11-17)19-6-7-23-25(19)20(26)24-12-15(13-24)8-14-4-2-1-3-5-14/h1-5,7,9-11,15,19H,6,8,12-13H2/t19-/m0/s1. The van der Waals surface area contributed by atoms with Crippen molar-refractivity contribution in [2.45, 2.75) is 18.9 Å². The summed E-state index contributed by atoms with van der Waals surface area (Å²) in [6, 6.07) is 12.9. The van der Waals surface area contributed by atoms with Crippen molar-refractivity contribution in [3.63, 3.8) is 0 Å². The summed E-state index contributed by atoms with van der Waals surface area (Å²) in [5, 5.41) is 5.48. The predicted molar refractivity (Wildman–Crippen MR) is 94.7 cm³/mol. The summed E-state index contributed by atoms with van der Waals surface area (Å²) in [5.74, 6) is -0.865. The van der Waals surface area contributed by atoms with Gasteiger partial charge in [0, 0.05) is 31.8 Å². The average molecular weight is 355 g/mol. The number of hydrogen-bond acceptors (Lipinski definition) is 2. The third-order valence-corrected chi connectivity index (χ3v) is 4.89. The van der Waals surface area contributed by atoms with Gasteiger partial charge < -0.3 is 4.90 Å². The first kappa shape index (κ1) is 16.7. The van der Waals surface area contributed by atoms with E-state index in [4.69, 9.17) is 0 Å². The average Bonchev–Trinajstić information content (AvgIpc) is 3.07. The Hall–Kier alpha value is -2.76. The topological polar surface area (TPSA) is 35.9 Å². The molecule has 2 heterocycles. The number of benzene rings is 2. The molecular formula is C20H19F2N3O. The summed E-state index contributed by atoms with van der Waals surface area (Å²) in [6.07, 6.45) is 3.01. The normalized spacial score (nSPS) is 19.7. The lowest BCUT2D eigenvalue weighted by Gasteiger charge is -2.41. The molecule has 0 unspecified atom stereocenters. The second kappa shape index (κ2) is 6.86. The monoisotopic (exact) mass is 355 g/mol. The maximum atomic E-state index is 13.5. The van der Waals surface area contributed by atoms with E-state index in [0.717, 1.165) is 12.5 Å². The van der Waals surface area contributed by atoms with Gasteiger partial charge in [-0.2, -0.15) is 5.10 Å². The van der Waals surface area contributed by atoms with Gasteiger partial charge in [0.25, 0.3) is 0 Å². The van der Waals surface area contributed by atoms with E-state index in [1.165, 1.54) is 22.7 Å². The molecule has 6 heteroatoms. The Morgan fingerprint density at radius 3 is 2.46 bits per heavy atom. The quantitative estimate of drug-likeness (QED) is 0.820. The van der Waals surface area contributed by atoms with Crippen LogP contribution in [0.5, 0.6) is 0 Å². The molecule has 26 heavy (non-hydrogen) atoms. The van der Waals surface area contributed by atoms with Crippen LogP contribution in [0.4, 0.5) is 13.6 Å². The highest BCUT2D eigenvalue weighted by Crippen LogP contribution is 2.32. The molecule has 1 atom stereocenters. The summed E-state index contributed by atoms with van der Waals surface area (Å²) in [5.41, 5.74) is 1.69. The number of carbonyl (C=O) groups is 1. The highest BCUT2D eigenvalue weighted by atomic mass is 19.1. The first-order valence-corrected chi connectivity index (χ1v) is 8.70. The lowest BCUT2D eigenvalue weighted by atomic mass is 9.92. The summed E-state index contributed by atoms with van der Waals surface area (Å²) in [7, 11) is 0. The second-order valence-corrected chi connectivity index (χ2v) is 6.84. The fourth-order valence-electron chi connectivity index (χ4n) is 3.59. The molecule has 2 aromatic carbocycles. The van der Waals surface area contributed by atoms with Gasteiger partial charge >= 0.3 is 6.03 Å². The molecule has 2 amide bonds. The number of rotatable bonds is 3. The van der Waals surface area contributed by atoms with E-state index in [0.29, 0.717) is 31.0 Å². The van der Waals surface area contributed by atoms with Crippen LogP contribution in [-0.4, -0.2) is 35.2 Å². The zero-order valence-corrected chi connectivity index (χ0v) is 14.2. The molecule has 0 aromatic heterocycles. The van der Waals surface area contributed by atoms with Gasteiger partial charge in [-0.15, -0.1) is 0 Å². The van der Waals surface area contributed by atoms with Crippen LogP contribution in [0.2, 0.25) is 0 Å². The van der Waals surface area contributed by atoms with Crippen LogP contribution < -0.4 is 0 Å². The maximum absolute atomic E-state index is 13.5. The SMILES string of the molecule is O=C(N1CC(Cc2ccccc2)C1)N1N=CC[C@H]1c1cc(F)cc(F)c1. The van der Waals surface area contributed by atoms with E-state index in [9.17, 15) is 13.6 Å². The number of amides is 2. The number of hydrazone groups is 1. The van der Waals surface area contributed by atoms with Gasteiger partial charge in [-0.3, -0.25) is 0 Å². The summed E-state index contributed by atoms with van der Waals surface area (Å²) < 4.78 is 27.0. The molecule has 4 nitrogen and oxygen atoms in total. The fraction of sp³-hybridized carbons (Fsp3) is 0.300. The zero-order chi connectivity index (χ0) is 18.1. The Morgan fingerprint density at radius 1 is 1.08 bits per heavy atom. The molecule has 0 bridgehead atoms. The largest absolute Gasteiger partial charge is 0.341 e. The van der Waals surface area contributed by atoms with Crippen LogP contribution in [0.25, 0.3) is 0 Å². The van der Waals surface area contributed by atoms with Crippen LogP contribution in [0.15, 0.2) is 53.6 Å². The summed E-state index contributed by atoms with van der Waals surface area (Å²) in [4.78, 5) is 14.5. The Bertz CT molecular complexity index is 814. The minimum atomic E-state index is -0.647. The van der Waals surface area contributed by atoms with Gasteiger partial charge in [0.15, 0.2) is 0 Å². The first-order chi connectivity index (χ1) is 12.6. The van der Waals surface area contributed by atoms with Gasteiger partial charge in [0.2, 0.25) is 0 Å². The molecule has 2 aromatic rings. The van der Waals surface area contributed by atoms with Crippen molar-refractivity contribution >= 4 is 12.2 Å². The Kier molecular flexibility index (Phi) is 4.41. The third-order valence-electron chi connectivity index (χ3n) is 4.89. The minimum absolute atomic E-state index is 0.210. The zero-order valence-electron chi connectivity index (χ0n) is 14.2. The van der Waals surface area contributed by atoms with Crippen LogP contribution in [0.1, 0.15) is 23.6 Å². The van der Waals surface area contributed by atoms with Crippen molar-refractivity contribution in [1.29, 1.82) is 0 Å². The lowest BCUT2D eigenvalue weighted by Crippen LogP contribution is -2.54. The van der Waals surface area contributed by atoms with Gasteiger partial charge in [-0.25, -0.2) is 18.6 Å². The smallest absolute Gasteiger partial charge is 0.322 e. The first-order valence-electron chi connectivity index (χ1n) is 8.70. The summed E-state index contributed by atoms with van der Waals surface area (Å²) >= 11 is 0. The molecular weight excluding hydrogens is 336 g/mol. The predicted octanol–water partition coefficient (Wildman–Crippen LogP) is 3.99. The van der Waals surface area contributed by atoms with Crippen molar-refractivity contribution in [2.24, 2.45) is 11.0 Å². The minimum Gasteiger partial charge on any atom is -0.322 e. The van der Waals surface area contributed by atoms with E-state index in [1.807, 2.05) is 18.2 Å². The van der Waals surface area contributed by atoms with Crippen LogP contribution >= 0.6 is 0 Å². The molecule has 2 aliphatic heterocycles. The molecule has 1 fully saturated rings. The fourth-order valence-corrected chi connectivity index (χ4v) is 3.59. The number of halogens is 2. The molecule has 0 spiro atoms. The van der Waals surface area contributed by atoms with Crippen LogP contribution in [0, 0.1) is 17.6 Å². The van der Waals surface area contributed by atoms with Crippen molar-refractivity contribution in [3.05, 3.63) is 71.3 Å². The lowest BCUT2D eigenvalue weighted by molar-refractivity contribution is 0.0834. The molecule has 0 saturated carbocycles. The molecule has 2 aliphatic rings. The second-order valence-electron chi connectivity index (χ2n) is 6.84. The Labute approximate surface area is 150 Å². The van der Waals surface area contributed by atoms with Gasteiger partial charge in [-0.1, -0.05) is 30.3 Å². The van der Waals surface area contributed by atoms with E-state index in [-0.39, 0.29) is 6.03 Å². The highest BCUT2D eigenvalue weighted by Gasteiger charge is 2.37. The van der Waals surface area contributed by atoms with Gasteiger partial charge in [0.05, 0.1) is 6.04 Å². The van der Waals surface area contributed by atoms with Gasteiger partial charge in [-0.05, 0) is 35.6 Å². The van der Waals surface area contributed by atoms with Gasteiger partial charge in [0.1, 0.15) is 11.6 Å². The molecule has 0 radical (unpaired) electrons. The summed E-state index contributed by atoms with van der Waals surface area (Å²) in [6.45, 7) is 1.34. The van der Waals surface area contributed by atoms with Crippen molar-refractivity contribution < 1.29 is 13.6 Å². The molecule has 0 N–H and O–H groups in total. The maximum Gasteiger partial charge on any atom is 0.341 e. The van der Waals surface area contributed by atoms with Crippen molar-refractivity contribution in [3.8, 4) is 0 Å².